The number of nitrogens with one attached hydrogen (secondary N) is 1. The number of hydrogen-bond acceptors (Lipinski definition) is 4. The highest BCUT2D eigenvalue weighted by atomic mass is 32.2. The lowest BCUT2D eigenvalue weighted by Gasteiger charge is -2.26. The maximum Gasteiger partial charge on any atom is 0.237 e. The van der Waals surface area contributed by atoms with Crippen LogP contribution in [0.1, 0.15) is 44.9 Å². The minimum atomic E-state index is -2.96. The van der Waals surface area contributed by atoms with Gasteiger partial charge in [0.25, 0.3) is 0 Å². The number of nitrogens with zero attached hydrogens (tertiary/aromatic N) is 1. The average Bonchev–Trinajstić information content (AvgIpc) is 2.91. The van der Waals surface area contributed by atoms with Gasteiger partial charge in [-0.15, -0.1) is 0 Å². The van der Waals surface area contributed by atoms with Crippen LogP contribution in [-0.4, -0.2) is 56.9 Å². The lowest BCUT2D eigenvalue weighted by atomic mass is 9.89. The molecule has 0 aromatic rings. The maximum absolute atomic E-state index is 12.3. The molecule has 6 heteroatoms. The van der Waals surface area contributed by atoms with E-state index >= 15 is 0 Å². The summed E-state index contributed by atoms with van der Waals surface area (Å²) in [7, 11) is -2.96. The Bertz CT molecular complexity index is 444. The van der Waals surface area contributed by atoms with Crippen molar-refractivity contribution in [2.75, 3.05) is 31.6 Å². The van der Waals surface area contributed by atoms with E-state index in [4.69, 9.17) is 0 Å². The lowest BCUT2D eigenvalue weighted by Crippen LogP contribution is -2.46. The molecule has 1 aliphatic carbocycles. The van der Waals surface area contributed by atoms with E-state index in [9.17, 15) is 13.2 Å². The Labute approximate surface area is 128 Å². The van der Waals surface area contributed by atoms with Crippen LogP contribution in [0.5, 0.6) is 0 Å². The molecule has 0 spiro atoms. The van der Waals surface area contributed by atoms with Gasteiger partial charge in [-0.3, -0.25) is 9.69 Å². The van der Waals surface area contributed by atoms with Gasteiger partial charge in [-0.1, -0.05) is 19.3 Å². The van der Waals surface area contributed by atoms with Gasteiger partial charge in [0.2, 0.25) is 5.91 Å². The second-order valence-corrected chi connectivity index (χ2v) is 8.83. The molecule has 0 aromatic heterocycles. The summed E-state index contributed by atoms with van der Waals surface area (Å²) in [5, 5.41) is 3.09. The number of carbonyl (C=O) groups is 1. The molecule has 0 bridgehead atoms. The standard InChI is InChI=1S/C15H28N2O3S/c1-21(19,20)11-10-17-9-5-8-14(17)15(18)16-12-13-6-3-2-4-7-13/h13-14H,2-12H2,1H3,(H,16,18). The van der Waals surface area contributed by atoms with Crippen molar-refractivity contribution < 1.29 is 13.2 Å². The quantitative estimate of drug-likeness (QED) is 0.799. The van der Waals surface area contributed by atoms with Crippen LogP contribution in [0.25, 0.3) is 0 Å². The predicted octanol–water partition coefficient (Wildman–Crippen LogP) is 1.19. The molecule has 1 saturated carbocycles. The van der Waals surface area contributed by atoms with Crippen molar-refractivity contribution in [2.45, 2.75) is 51.0 Å². The molecule has 1 atom stereocenters. The van der Waals surface area contributed by atoms with Crippen molar-refractivity contribution in [1.29, 1.82) is 0 Å². The van der Waals surface area contributed by atoms with E-state index in [1.165, 1.54) is 38.4 Å². The summed E-state index contributed by atoms with van der Waals surface area (Å²) in [4.78, 5) is 14.3. The average molecular weight is 316 g/mol. The molecule has 0 radical (unpaired) electrons. The fourth-order valence-corrected chi connectivity index (χ4v) is 3.99. The first-order valence-corrected chi connectivity index (χ1v) is 10.2. The maximum atomic E-state index is 12.3. The molecule has 1 N–H and O–H groups in total. The highest BCUT2D eigenvalue weighted by molar-refractivity contribution is 7.90. The Morgan fingerprint density at radius 1 is 1.14 bits per heavy atom. The zero-order chi connectivity index (χ0) is 15.3. The molecule has 1 amide bonds. The van der Waals surface area contributed by atoms with Gasteiger partial charge in [0.1, 0.15) is 9.84 Å². The molecule has 5 nitrogen and oxygen atoms in total. The topological polar surface area (TPSA) is 66.5 Å². The van der Waals surface area contributed by atoms with E-state index in [-0.39, 0.29) is 17.7 Å². The second kappa shape index (κ2) is 7.58. The Balaban J connectivity index is 1.77. The molecular weight excluding hydrogens is 288 g/mol. The van der Waals surface area contributed by atoms with Crippen LogP contribution in [0, 0.1) is 5.92 Å². The van der Waals surface area contributed by atoms with Crippen molar-refractivity contribution >= 4 is 15.7 Å². The van der Waals surface area contributed by atoms with Crippen LogP contribution in [0.3, 0.4) is 0 Å². The number of sulfone groups is 1. The molecular formula is C15H28N2O3S. The smallest absolute Gasteiger partial charge is 0.237 e. The van der Waals surface area contributed by atoms with Gasteiger partial charge < -0.3 is 5.32 Å². The molecule has 122 valence electrons. The third kappa shape index (κ3) is 5.58. The summed E-state index contributed by atoms with van der Waals surface area (Å²) in [5.41, 5.74) is 0. The number of likely N-dealkylation sites (tertiary alicyclic amines) is 1. The van der Waals surface area contributed by atoms with Gasteiger partial charge in [0.05, 0.1) is 11.8 Å². The first kappa shape index (κ1) is 16.7. The highest BCUT2D eigenvalue weighted by Crippen LogP contribution is 2.23. The molecule has 1 aliphatic heterocycles. The number of rotatable bonds is 6. The van der Waals surface area contributed by atoms with Crippen LogP contribution in [0.2, 0.25) is 0 Å². The van der Waals surface area contributed by atoms with Crippen molar-refractivity contribution in [2.24, 2.45) is 5.92 Å². The van der Waals surface area contributed by atoms with Gasteiger partial charge in [0, 0.05) is 19.3 Å². The van der Waals surface area contributed by atoms with Gasteiger partial charge >= 0.3 is 0 Å². The second-order valence-electron chi connectivity index (χ2n) is 6.57. The van der Waals surface area contributed by atoms with Crippen molar-refractivity contribution in [3.8, 4) is 0 Å². The Morgan fingerprint density at radius 2 is 1.86 bits per heavy atom. The zero-order valence-corrected chi connectivity index (χ0v) is 13.8. The molecule has 1 unspecified atom stereocenters. The van der Waals surface area contributed by atoms with E-state index in [0.29, 0.717) is 12.5 Å². The molecule has 1 heterocycles. The van der Waals surface area contributed by atoms with Gasteiger partial charge in [-0.2, -0.15) is 0 Å². The van der Waals surface area contributed by atoms with E-state index in [0.717, 1.165) is 25.9 Å². The predicted molar refractivity (Wildman–Crippen MR) is 83.9 cm³/mol. The third-order valence-electron chi connectivity index (χ3n) is 4.71. The highest BCUT2D eigenvalue weighted by Gasteiger charge is 2.31. The minimum Gasteiger partial charge on any atom is -0.354 e. The molecule has 2 aliphatic rings. The molecule has 21 heavy (non-hydrogen) atoms. The third-order valence-corrected chi connectivity index (χ3v) is 5.63. The first-order chi connectivity index (χ1) is 9.96. The minimum absolute atomic E-state index is 0.0894. The Morgan fingerprint density at radius 3 is 2.52 bits per heavy atom. The molecule has 2 rings (SSSR count). The molecule has 1 saturated heterocycles. The SMILES string of the molecule is CS(=O)(=O)CCN1CCCC1C(=O)NCC1CCCCC1. The van der Waals surface area contributed by atoms with Crippen LogP contribution < -0.4 is 5.32 Å². The summed E-state index contributed by atoms with van der Waals surface area (Å²) in [6.45, 7) is 2.09. The Kier molecular flexibility index (Phi) is 6.05. The summed E-state index contributed by atoms with van der Waals surface area (Å²) in [6.07, 6.45) is 9.42. The van der Waals surface area contributed by atoms with E-state index in [1.54, 1.807) is 0 Å². The summed E-state index contributed by atoms with van der Waals surface area (Å²) in [6, 6.07) is -0.129. The van der Waals surface area contributed by atoms with E-state index in [2.05, 4.69) is 5.32 Å². The van der Waals surface area contributed by atoms with Crippen molar-refractivity contribution in [3.63, 3.8) is 0 Å². The number of carbonyl (C=O) groups excluding carboxylic acids is 1. The summed E-state index contributed by atoms with van der Waals surface area (Å²) in [5.74, 6) is 0.861. The first-order valence-electron chi connectivity index (χ1n) is 8.15. The van der Waals surface area contributed by atoms with Crippen LogP contribution in [0.4, 0.5) is 0 Å². The van der Waals surface area contributed by atoms with Crippen LogP contribution in [0.15, 0.2) is 0 Å². The van der Waals surface area contributed by atoms with Gasteiger partial charge in [-0.25, -0.2) is 8.42 Å². The number of hydrogen-bond donors (Lipinski definition) is 1. The van der Waals surface area contributed by atoms with Gasteiger partial charge in [0.15, 0.2) is 0 Å². The van der Waals surface area contributed by atoms with E-state index < -0.39 is 9.84 Å². The fraction of sp³-hybridized carbons (Fsp3) is 0.933. The summed E-state index contributed by atoms with van der Waals surface area (Å²) >= 11 is 0. The van der Waals surface area contributed by atoms with E-state index in [1.807, 2.05) is 4.90 Å². The Hall–Kier alpha value is -0.620. The number of amides is 1. The normalized spacial score (nSPS) is 25.1. The summed E-state index contributed by atoms with van der Waals surface area (Å²) < 4.78 is 22.5. The molecule has 0 aromatic carbocycles. The zero-order valence-electron chi connectivity index (χ0n) is 13.0. The van der Waals surface area contributed by atoms with Gasteiger partial charge in [-0.05, 0) is 38.1 Å². The fourth-order valence-electron chi connectivity index (χ4n) is 3.43. The largest absolute Gasteiger partial charge is 0.354 e. The van der Waals surface area contributed by atoms with Crippen LogP contribution in [-0.2, 0) is 14.6 Å². The van der Waals surface area contributed by atoms with Crippen LogP contribution >= 0.6 is 0 Å². The monoisotopic (exact) mass is 316 g/mol. The van der Waals surface area contributed by atoms with Crippen molar-refractivity contribution in [3.05, 3.63) is 0 Å². The lowest BCUT2D eigenvalue weighted by molar-refractivity contribution is -0.125. The molecule has 2 fully saturated rings. The van der Waals surface area contributed by atoms with Crippen molar-refractivity contribution in [1.82, 2.24) is 10.2 Å².